The number of carboxylic acids is 1. The average molecular weight is 330 g/mol. The van der Waals surface area contributed by atoms with Gasteiger partial charge in [-0.05, 0) is 30.4 Å². The van der Waals surface area contributed by atoms with E-state index in [0.29, 0.717) is 0 Å². The SMILES string of the molecule is CCCC(C)CCCCc1cccc(C(=O)O)c1O.[Zn]. The summed E-state index contributed by atoms with van der Waals surface area (Å²) in [5, 5.41) is 18.8. The van der Waals surface area contributed by atoms with Gasteiger partial charge in [0, 0.05) is 19.5 Å². The Kier molecular flexibility index (Phi) is 9.49. The van der Waals surface area contributed by atoms with Crippen molar-refractivity contribution >= 4 is 5.97 Å². The number of phenols is 1. The van der Waals surface area contributed by atoms with Crippen LogP contribution in [0.25, 0.3) is 0 Å². The van der Waals surface area contributed by atoms with Crippen LogP contribution < -0.4 is 0 Å². The topological polar surface area (TPSA) is 57.5 Å². The Morgan fingerprint density at radius 3 is 2.55 bits per heavy atom. The van der Waals surface area contributed by atoms with Gasteiger partial charge in [0.25, 0.3) is 0 Å². The van der Waals surface area contributed by atoms with E-state index in [1.165, 1.54) is 25.3 Å². The van der Waals surface area contributed by atoms with Crippen molar-refractivity contribution in [1.82, 2.24) is 0 Å². The fourth-order valence-corrected chi connectivity index (χ4v) is 2.41. The Hall–Kier alpha value is -0.887. The number of aromatic carboxylic acids is 1. The minimum atomic E-state index is -1.07. The van der Waals surface area contributed by atoms with Crippen molar-refractivity contribution in [2.24, 2.45) is 5.92 Å². The molecule has 0 aliphatic rings. The van der Waals surface area contributed by atoms with Gasteiger partial charge in [0.05, 0.1) is 0 Å². The Bertz CT molecular complexity index is 418. The van der Waals surface area contributed by atoms with E-state index in [9.17, 15) is 9.90 Å². The molecule has 1 unspecified atom stereocenters. The second-order valence-corrected chi connectivity index (χ2v) is 5.26. The molecule has 0 spiro atoms. The molecule has 20 heavy (non-hydrogen) atoms. The minimum absolute atomic E-state index is 0. The number of para-hydroxylation sites is 1. The molecule has 0 fully saturated rings. The largest absolute Gasteiger partial charge is 0.507 e. The van der Waals surface area contributed by atoms with Crippen LogP contribution in [0.4, 0.5) is 0 Å². The monoisotopic (exact) mass is 328 g/mol. The maximum atomic E-state index is 10.9. The zero-order valence-electron chi connectivity index (χ0n) is 12.6. The zero-order valence-corrected chi connectivity index (χ0v) is 15.5. The summed E-state index contributed by atoms with van der Waals surface area (Å²) in [6.45, 7) is 4.47. The number of carboxylic acid groups (broad SMARTS) is 1. The van der Waals surface area contributed by atoms with Crippen LogP contribution in [-0.2, 0) is 25.9 Å². The first-order valence-corrected chi connectivity index (χ1v) is 7.10. The first-order chi connectivity index (χ1) is 9.06. The van der Waals surface area contributed by atoms with Gasteiger partial charge in [0.1, 0.15) is 11.3 Å². The third kappa shape index (κ3) is 6.04. The minimum Gasteiger partial charge on any atom is -0.507 e. The molecule has 1 aromatic carbocycles. The van der Waals surface area contributed by atoms with E-state index in [2.05, 4.69) is 13.8 Å². The van der Waals surface area contributed by atoms with Crippen LogP contribution in [-0.4, -0.2) is 16.2 Å². The summed E-state index contributed by atoms with van der Waals surface area (Å²) in [5.74, 6) is -0.392. The second-order valence-electron chi connectivity index (χ2n) is 5.26. The number of rotatable bonds is 8. The third-order valence-electron chi connectivity index (χ3n) is 3.52. The van der Waals surface area contributed by atoms with Gasteiger partial charge < -0.3 is 10.2 Å². The van der Waals surface area contributed by atoms with E-state index < -0.39 is 5.97 Å². The van der Waals surface area contributed by atoms with Crippen LogP contribution in [0.1, 0.15) is 61.9 Å². The molecule has 2 N–H and O–H groups in total. The predicted molar refractivity (Wildman–Crippen MR) is 76.7 cm³/mol. The molecule has 0 aromatic heterocycles. The first-order valence-electron chi connectivity index (χ1n) is 7.10. The summed E-state index contributed by atoms with van der Waals surface area (Å²) in [6, 6.07) is 4.93. The van der Waals surface area contributed by atoms with Gasteiger partial charge in [0.15, 0.2) is 0 Å². The normalized spacial score (nSPS) is 11.7. The third-order valence-corrected chi connectivity index (χ3v) is 3.52. The maximum Gasteiger partial charge on any atom is 0.339 e. The molecule has 1 aromatic rings. The molecule has 0 aliphatic carbocycles. The molecule has 0 radical (unpaired) electrons. The number of hydrogen-bond acceptors (Lipinski definition) is 2. The van der Waals surface area contributed by atoms with Gasteiger partial charge >= 0.3 is 5.97 Å². The summed E-state index contributed by atoms with van der Waals surface area (Å²) in [6.07, 6.45) is 6.55. The Morgan fingerprint density at radius 2 is 1.95 bits per heavy atom. The average Bonchev–Trinajstić information content (AvgIpc) is 2.36. The molecule has 0 amide bonds. The number of benzene rings is 1. The van der Waals surface area contributed by atoms with Gasteiger partial charge in [-0.2, -0.15) is 0 Å². The van der Waals surface area contributed by atoms with Crippen LogP contribution in [0.3, 0.4) is 0 Å². The van der Waals surface area contributed by atoms with Crippen LogP contribution >= 0.6 is 0 Å². The second kappa shape index (κ2) is 9.93. The van der Waals surface area contributed by atoms with Crippen molar-refractivity contribution in [1.29, 1.82) is 0 Å². The molecule has 1 rings (SSSR count). The molecular weight excluding hydrogens is 306 g/mol. The standard InChI is InChI=1S/C16H24O3.Zn/c1-3-7-12(2)8-4-5-9-13-10-6-11-14(15(13)17)16(18)19;/h6,10-12,17H,3-5,7-9H2,1-2H3,(H,18,19);. The van der Waals surface area contributed by atoms with Crippen LogP contribution in [0, 0.1) is 5.92 Å². The summed E-state index contributed by atoms with van der Waals surface area (Å²) >= 11 is 0. The smallest absolute Gasteiger partial charge is 0.339 e. The van der Waals surface area contributed by atoms with Gasteiger partial charge in [-0.1, -0.05) is 51.7 Å². The summed E-state index contributed by atoms with van der Waals surface area (Å²) in [5.41, 5.74) is 0.736. The van der Waals surface area contributed by atoms with E-state index in [1.807, 2.05) is 0 Å². The van der Waals surface area contributed by atoms with Gasteiger partial charge in [-0.15, -0.1) is 0 Å². The number of carbonyl (C=O) groups is 1. The molecule has 0 heterocycles. The summed E-state index contributed by atoms with van der Waals surface area (Å²) < 4.78 is 0. The number of aryl methyl sites for hydroxylation is 1. The van der Waals surface area contributed by atoms with E-state index >= 15 is 0 Å². The quantitative estimate of drug-likeness (QED) is 0.554. The number of hydrogen-bond donors (Lipinski definition) is 2. The maximum absolute atomic E-state index is 10.9. The molecule has 108 valence electrons. The predicted octanol–water partition coefficient (Wildman–Crippen LogP) is 4.24. The molecule has 1 atom stereocenters. The van der Waals surface area contributed by atoms with E-state index in [1.54, 1.807) is 12.1 Å². The van der Waals surface area contributed by atoms with Crippen molar-refractivity contribution in [3.8, 4) is 5.75 Å². The molecule has 4 heteroatoms. The Morgan fingerprint density at radius 1 is 1.25 bits per heavy atom. The Balaban J connectivity index is 0.00000361. The Labute approximate surface area is 134 Å². The van der Waals surface area contributed by atoms with E-state index in [4.69, 9.17) is 5.11 Å². The first kappa shape index (κ1) is 19.1. The van der Waals surface area contributed by atoms with Crippen LogP contribution in [0.5, 0.6) is 5.75 Å². The fraction of sp³-hybridized carbons (Fsp3) is 0.562. The number of unbranched alkanes of at least 4 members (excludes halogenated alkanes) is 1. The molecule has 0 saturated heterocycles. The zero-order chi connectivity index (χ0) is 14.3. The molecule has 0 saturated carbocycles. The van der Waals surface area contributed by atoms with Crippen LogP contribution in [0.15, 0.2) is 18.2 Å². The van der Waals surface area contributed by atoms with Crippen molar-refractivity contribution < 1.29 is 34.5 Å². The van der Waals surface area contributed by atoms with Crippen molar-refractivity contribution in [2.75, 3.05) is 0 Å². The fourth-order valence-electron chi connectivity index (χ4n) is 2.41. The van der Waals surface area contributed by atoms with Gasteiger partial charge in [-0.3, -0.25) is 0 Å². The molecule has 0 bridgehead atoms. The van der Waals surface area contributed by atoms with Crippen molar-refractivity contribution in [3.05, 3.63) is 29.3 Å². The van der Waals surface area contributed by atoms with E-state index in [-0.39, 0.29) is 30.8 Å². The van der Waals surface area contributed by atoms with Crippen LogP contribution in [0.2, 0.25) is 0 Å². The summed E-state index contributed by atoms with van der Waals surface area (Å²) in [7, 11) is 0. The van der Waals surface area contributed by atoms with Gasteiger partial charge in [-0.25, -0.2) is 4.79 Å². The van der Waals surface area contributed by atoms with Gasteiger partial charge in [0.2, 0.25) is 0 Å². The van der Waals surface area contributed by atoms with Crippen molar-refractivity contribution in [3.63, 3.8) is 0 Å². The number of aromatic hydroxyl groups is 1. The molecule has 0 aliphatic heterocycles. The molecular formula is C16H24O3Zn. The van der Waals surface area contributed by atoms with Crippen molar-refractivity contribution in [2.45, 2.75) is 52.4 Å². The summed E-state index contributed by atoms with van der Waals surface area (Å²) in [4.78, 5) is 10.9. The molecule has 3 nitrogen and oxygen atoms in total. The van der Waals surface area contributed by atoms with E-state index in [0.717, 1.165) is 30.7 Å².